The van der Waals surface area contributed by atoms with Gasteiger partial charge in [0.1, 0.15) is 6.61 Å². The van der Waals surface area contributed by atoms with Crippen LogP contribution in [0.1, 0.15) is 28.4 Å². The fraction of sp³-hybridized carbons (Fsp3) is 0.296. The van der Waals surface area contributed by atoms with Crippen molar-refractivity contribution >= 4 is 57.8 Å². The summed E-state index contributed by atoms with van der Waals surface area (Å²) in [5.41, 5.74) is 2.28. The number of nitro benzene ring substituents is 2. The molecule has 14 heteroatoms. The second kappa shape index (κ2) is 13.1. The van der Waals surface area contributed by atoms with Gasteiger partial charge < -0.3 is 18.9 Å². The molecule has 0 saturated heterocycles. The van der Waals surface area contributed by atoms with Crippen molar-refractivity contribution in [3.05, 3.63) is 82.2 Å². The lowest BCUT2D eigenvalue weighted by Crippen LogP contribution is -2.15. The Morgan fingerprint density at radius 3 is 2.02 bits per heavy atom. The number of non-ortho nitro benzene ring substituents is 2. The summed E-state index contributed by atoms with van der Waals surface area (Å²) in [6.45, 7) is 4.20. The standard InChI is InChI=1S/C27H24N2O9S3/c1-2-35-5-6-36-7-8-37-9-10-38-26(30)21-13-17(29(33)34)12-20-24(21)18-4-3-16(28(31)32)11-19(18)25(20)27-40-22-14-39-15-23(22)41-27/h3-4,11-15H,2,5-10H2,1H3. The average molecular weight is 617 g/mol. The van der Waals surface area contributed by atoms with Gasteiger partial charge in [0.15, 0.2) is 0 Å². The zero-order valence-corrected chi connectivity index (χ0v) is 24.2. The predicted molar refractivity (Wildman–Crippen MR) is 156 cm³/mol. The molecule has 41 heavy (non-hydrogen) atoms. The molecule has 2 heterocycles. The van der Waals surface area contributed by atoms with E-state index >= 15 is 0 Å². The summed E-state index contributed by atoms with van der Waals surface area (Å²) in [4.78, 5) is 37.9. The van der Waals surface area contributed by atoms with Crippen LogP contribution in [0.4, 0.5) is 11.4 Å². The zero-order valence-electron chi connectivity index (χ0n) is 21.8. The maximum atomic E-state index is 13.3. The van der Waals surface area contributed by atoms with E-state index in [1.54, 1.807) is 17.4 Å². The van der Waals surface area contributed by atoms with E-state index in [-0.39, 0.29) is 30.2 Å². The third-order valence-corrected chi connectivity index (χ3v) is 9.75. The summed E-state index contributed by atoms with van der Waals surface area (Å²) >= 11 is 4.57. The van der Waals surface area contributed by atoms with Crippen LogP contribution < -0.4 is 0 Å². The quantitative estimate of drug-likeness (QED) is 0.0714. The van der Waals surface area contributed by atoms with Crippen LogP contribution in [0, 0.1) is 20.2 Å². The predicted octanol–water partition coefficient (Wildman–Crippen LogP) is 6.39. The molecule has 1 aromatic heterocycles. The van der Waals surface area contributed by atoms with Crippen molar-refractivity contribution in [2.75, 3.05) is 46.2 Å². The van der Waals surface area contributed by atoms with Gasteiger partial charge in [0, 0.05) is 62.6 Å². The number of ether oxygens (including phenoxy) is 4. The summed E-state index contributed by atoms with van der Waals surface area (Å²) in [6, 6.07) is 7.01. The Bertz CT molecular complexity index is 1510. The third-order valence-electron chi connectivity index (χ3n) is 6.19. The van der Waals surface area contributed by atoms with Crippen molar-refractivity contribution in [3.8, 4) is 11.1 Å². The minimum Gasteiger partial charge on any atom is -0.460 e. The molecule has 0 unspecified atom stereocenters. The second-order valence-corrected chi connectivity index (χ2v) is 11.8. The van der Waals surface area contributed by atoms with Crippen molar-refractivity contribution in [1.29, 1.82) is 0 Å². The molecule has 1 aliphatic heterocycles. The molecule has 11 nitrogen and oxygen atoms in total. The molecule has 3 aromatic rings. The highest BCUT2D eigenvalue weighted by Gasteiger charge is 2.36. The number of fused-ring (bicyclic) bond motifs is 4. The number of thioether (sulfide) groups is 2. The van der Waals surface area contributed by atoms with Crippen LogP contribution in [0.5, 0.6) is 0 Å². The van der Waals surface area contributed by atoms with Crippen LogP contribution in [0.2, 0.25) is 0 Å². The SMILES string of the molecule is CCOCCOCCOCCOC(=O)c1cc([N+](=O)[O-])cc2c1-c1ccc([N+](=O)[O-])cc1C2=C1Sc2cscc2S1. The van der Waals surface area contributed by atoms with Crippen molar-refractivity contribution < 1.29 is 33.6 Å². The van der Waals surface area contributed by atoms with Crippen molar-refractivity contribution in [2.24, 2.45) is 0 Å². The largest absolute Gasteiger partial charge is 0.460 e. The van der Waals surface area contributed by atoms with Crippen molar-refractivity contribution in [2.45, 2.75) is 16.7 Å². The molecule has 0 bridgehead atoms. The van der Waals surface area contributed by atoms with E-state index in [2.05, 4.69) is 0 Å². The molecule has 2 aliphatic rings. The molecular weight excluding hydrogens is 593 g/mol. The van der Waals surface area contributed by atoms with Crippen molar-refractivity contribution in [3.63, 3.8) is 0 Å². The second-order valence-electron chi connectivity index (χ2n) is 8.68. The first kappa shape index (κ1) is 29.2. The molecule has 0 spiro atoms. The Morgan fingerprint density at radius 2 is 1.39 bits per heavy atom. The van der Waals surface area contributed by atoms with Gasteiger partial charge in [-0.3, -0.25) is 20.2 Å². The molecule has 0 radical (unpaired) electrons. The molecule has 0 N–H and O–H groups in total. The van der Waals surface area contributed by atoms with E-state index in [9.17, 15) is 25.0 Å². The molecule has 1 aliphatic carbocycles. The summed E-state index contributed by atoms with van der Waals surface area (Å²) in [5.74, 6) is -0.748. The van der Waals surface area contributed by atoms with E-state index in [4.69, 9.17) is 18.9 Å². The van der Waals surface area contributed by atoms with Gasteiger partial charge in [-0.1, -0.05) is 23.5 Å². The van der Waals surface area contributed by atoms with Crippen LogP contribution in [-0.4, -0.2) is 62.1 Å². The van der Waals surface area contributed by atoms with Crippen LogP contribution in [-0.2, 0) is 18.9 Å². The molecule has 0 atom stereocenters. The van der Waals surface area contributed by atoms with Gasteiger partial charge in [0.05, 0.1) is 52.7 Å². The summed E-state index contributed by atoms with van der Waals surface area (Å²) < 4.78 is 22.3. The number of hydrogen-bond acceptors (Lipinski definition) is 12. The van der Waals surface area contributed by atoms with Crippen molar-refractivity contribution in [1.82, 2.24) is 0 Å². The minimum absolute atomic E-state index is 0.0151. The summed E-state index contributed by atoms with van der Waals surface area (Å²) in [7, 11) is 0. The van der Waals surface area contributed by atoms with Crippen LogP contribution in [0.3, 0.4) is 0 Å². The van der Waals surface area contributed by atoms with E-state index < -0.39 is 15.8 Å². The number of carbonyl (C=O) groups is 1. The molecule has 0 amide bonds. The lowest BCUT2D eigenvalue weighted by atomic mass is 9.98. The smallest absolute Gasteiger partial charge is 0.339 e. The van der Waals surface area contributed by atoms with E-state index in [1.807, 2.05) is 17.7 Å². The highest BCUT2D eigenvalue weighted by atomic mass is 32.2. The number of esters is 1. The number of thiophene rings is 1. The Kier molecular flexibility index (Phi) is 9.37. The van der Waals surface area contributed by atoms with Gasteiger partial charge in [-0.2, -0.15) is 11.3 Å². The van der Waals surface area contributed by atoms with Gasteiger partial charge in [-0.25, -0.2) is 4.79 Å². The Morgan fingerprint density at radius 1 is 0.780 bits per heavy atom. The van der Waals surface area contributed by atoms with Gasteiger partial charge in [0.2, 0.25) is 0 Å². The maximum Gasteiger partial charge on any atom is 0.339 e. The molecule has 2 aromatic carbocycles. The highest BCUT2D eigenvalue weighted by molar-refractivity contribution is 8.25. The zero-order chi connectivity index (χ0) is 28.9. The first-order valence-electron chi connectivity index (χ1n) is 12.6. The van der Waals surface area contributed by atoms with Gasteiger partial charge in [-0.15, -0.1) is 0 Å². The highest BCUT2D eigenvalue weighted by Crippen LogP contribution is 2.60. The Balaban J connectivity index is 1.42. The number of hydrogen-bond donors (Lipinski definition) is 0. The number of nitrogens with zero attached hydrogens (tertiary/aromatic N) is 2. The molecular formula is C27H24N2O9S3. The first-order valence-corrected chi connectivity index (χ1v) is 15.1. The fourth-order valence-corrected chi connectivity index (χ4v) is 8.17. The number of carbonyl (C=O) groups excluding carboxylic acids is 1. The van der Waals surface area contributed by atoms with E-state index in [1.165, 1.54) is 47.8 Å². The van der Waals surface area contributed by atoms with Crippen LogP contribution in [0.25, 0.3) is 16.7 Å². The monoisotopic (exact) mass is 616 g/mol. The first-order chi connectivity index (χ1) is 19.9. The topological polar surface area (TPSA) is 140 Å². The van der Waals surface area contributed by atoms with Crippen LogP contribution in [0.15, 0.2) is 55.1 Å². The fourth-order valence-electron chi connectivity index (χ4n) is 4.42. The summed E-state index contributed by atoms with van der Waals surface area (Å²) in [6.07, 6.45) is 0. The maximum absolute atomic E-state index is 13.3. The van der Waals surface area contributed by atoms with Gasteiger partial charge >= 0.3 is 5.97 Å². The van der Waals surface area contributed by atoms with Gasteiger partial charge in [0.25, 0.3) is 11.4 Å². The normalized spacial score (nSPS) is 13.2. The average Bonchev–Trinajstić information content (AvgIpc) is 3.64. The molecule has 0 saturated carbocycles. The number of rotatable bonds is 13. The minimum atomic E-state index is -0.748. The lowest BCUT2D eigenvalue weighted by molar-refractivity contribution is -0.385. The van der Waals surface area contributed by atoms with Gasteiger partial charge in [-0.05, 0) is 29.7 Å². The Hall–Kier alpha value is -3.27. The van der Waals surface area contributed by atoms with Crippen LogP contribution >= 0.6 is 34.9 Å². The molecule has 5 rings (SSSR count). The molecule has 0 fully saturated rings. The number of nitro groups is 2. The molecule has 214 valence electrons. The number of benzene rings is 2. The van der Waals surface area contributed by atoms with E-state index in [0.717, 1.165) is 14.0 Å². The lowest BCUT2D eigenvalue weighted by Gasteiger charge is -2.11. The summed E-state index contributed by atoms with van der Waals surface area (Å²) in [5, 5.41) is 27.5. The Labute approximate surface area is 247 Å². The van der Waals surface area contributed by atoms with E-state index in [0.29, 0.717) is 60.9 Å². The third kappa shape index (κ3) is 6.32.